The number of halogens is 3. The second-order valence-electron chi connectivity index (χ2n) is 4.81. The first-order chi connectivity index (χ1) is 9.68. The number of hydrogen-bond acceptors (Lipinski definition) is 2. The van der Waals surface area contributed by atoms with Gasteiger partial charge in [-0.1, -0.05) is 6.07 Å². The molecule has 2 aromatic rings. The van der Waals surface area contributed by atoms with Crippen molar-refractivity contribution >= 4 is 22.9 Å². The van der Waals surface area contributed by atoms with Crippen molar-refractivity contribution in [3.05, 3.63) is 50.7 Å². The van der Waals surface area contributed by atoms with Gasteiger partial charge in [0.25, 0.3) is 5.91 Å². The van der Waals surface area contributed by atoms with Gasteiger partial charge >= 0.3 is 6.18 Å². The lowest BCUT2D eigenvalue weighted by Crippen LogP contribution is -2.14. The molecule has 0 aliphatic carbocycles. The van der Waals surface area contributed by atoms with E-state index in [2.05, 4.69) is 5.32 Å². The Bertz CT molecular complexity index is 689. The Morgan fingerprint density at radius 1 is 1.14 bits per heavy atom. The molecule has 0 fully saturated rings. The van der Waals surface area contributed by atoms with Crippen LogP contribution in [0.25, 0.3) is 0 Å². The predicted molar refractivity (Wildman–Crippen MR) is 77.9 cm³/mol. The number of nitrogens with one attached hydrogen (secondary N) is 1. The second-order valence-corrected chi connectivity index (χ2v) is 6.27. The van der Waals surface area contributed by atoms with Gasteiger partial charge < -0.3 is 5.32 Å². The van der Waals surface area contributed by atoms with Gasteiger partial charge in [-0.3, -0.25) is 4.79 Å². The standard InChI is InChI=1S/C15H14F3NOS/c1-8-4-5-11(7-13(8)15(16,17)18)19-14(20)12-6-9(2)21-10(12)3/h4-7H,1-3H3,(H,19,20). The maximum atomic E-state index is 12.8. The molecular formula is C15H14F3NOS. The summed E-state index contributed by atoms with van der Waals surface area (Å²) in [6, 6.07) is 5.51. The lowest BCUT2D eigenvalue weighted by molar-refractivity contribution is -0.138. The third-order valence-electron chi connectivity index (χ3n) is 3.09. The van der Waals surface area contributed by atoms with Crippen molar-refractivity contribution in [2.75, 3.05) is 5.32 Å². The first-order valence-electron chi connectivity index (χ1n) is 6.24. The van der Waals surface area contributed by atoms with Gasteiger partial charge in [0.1, 0.15) is 0 Å². The average Bonchev–Trinajstić information content (AvgIpc) is 2.69. The number of rotatable bonds is 2. The predicted octanol–water partition coefficient (Wildman–Crippen LogP) is 4.94. The number of amides is 1. The van der Waals surface area contributed by atoms with E-state index in [4.69, 9.17) is 0 Å². The smallest absolute Gasteiger partial charge is 0.322 e. The molecule has 1 N–H and O–H groups in total. The van der Waals surface area contributed by atoms with Gasteiger partial charge in [-0.2, -0.15) is 13.2 Å². The van der Waals surface area contributed by atoms with Crippen molar-refractivity contribution in [1.82, 2.24) is 0 Å². The SMILES string of the molecule is Cc1cc(C(=O)Nc2ccc(C)c(C(F)(F)F)c2)c(C)s1. The number of thiophene rings is 1. The minimum absolute atomic E-state index is 0.128. The van der Waals surface area contributed by atoms with Crippen LogP contribution in [-0.2, 0) is 6.18 Å². The summed E-state index contributed by atoms with van der Waals surface area (Å²) in [7, 11) is 0. The minimum Gasteiger partial charge on any atom is -0.322 e. The fourth-order valence-corrected chi connectivity index (χ4v) is 2.98. The maximum Gasteiger partial charge on any atom is 0.416 e. The van der Waals surface area contributed by atoms with E-state index in [0.29, 0.717) is 5.56 Å². The fourth-order valence-electron chi connectivity index (χ4n) is 2.06. The number of benzene rings is 1. The quantitative estimate of drug-likeness (QED) is 0.835. The molecule has 0 saturated carbocycles. The Balaban J connectivity index is 2.28. The lowest BCUT2D eigenvalue weighted by atomic mass is 10.1. The molecule has 2 nitrogen and oxygen atoms in total. The van der Waals surface area contributed by atoms with Crippen LogP contribution in [0.5, 0.6) is 0 Å². The lowest BCUT2D eigenvalue weighted by Gasteiger charge is -2.12. The Labute approximate surface area is 124 Å². The van der Waals surface area contributed by atoms with Gasteiger partial charge in [0.15, 0.2) is 0 Å². The first-order valence-corrected chi connectivity index (χ1v) is 7.06. The highest BCUT2D eigenvalue weighted by Crippen LogP contribution is 2.33. The maximum absolute atomic E-state index is 12.8. The van der Waals surface area contributed by atoms with E-state index in [0.717, 1.165) is 15.8 Å². The molecule has 1 amide bonds. The highest BCUT2D eigenvalue weighted by Gasteiger charge is 2.32. The Morgan fingerprint density at radius 2 is 1.81 bits per heavy atom. The zero-order valence-corrected chi connectivity index (χ0v) is 12.6. The van der Waals surface area contributed by atoms with E-state index in [1.807, 2.05) is 13.8 Å². The molecular weight excluding hydrogens is 299 g/mol. The second kappa shape index (κ2) is 5.52. The topological polar surface area (TPSA) is 29.1 Å². The monoisotopic (exact) mass is 313 g/mol. The van der Waals surface area contributed by atoms with E-state index in [-0.39, 0.29) is 11.3 Å². The molecule has 0 saturated heterocycles. The van der Waals surface area contributed by atoms with Crippen LogP contribution < -0.4 is 5.32 Å². The van der Waals surface area contributed by atoms with Crippen LogP contribution in [-0.4, -0.2) is 5.91 Å². The molecule has 0 radical (unpaired) electrons. The summed E-state index contributed by atoms with van der Waals surface area (Å²) in [5.74, 6) is -0.395. The van der Waals surface area contributed by atoms with Crippen LogP contribution in [0.4, 0.5) is 18.9 Å². The number of carbonyl (C=O) groups excluding carboxylic acids is 1. The van der Waals surface area contributed by atoms with Gasteiger partial charge in [0.05, 0.1) is 11.1 Å². The molecule has 1 heterocycles. The van der Waals surface area contributed by atoms with Gasteiger partial charge in [-0.05, 0) is 44.5 Å². The molecule has 0 bridgehead atoms. The number of aryl methyl sites for hydroxylation is 3. The van der Waals surface area contributed by atoms with Crippen LogP contribution in [0.2, 0.25) is 0 Å². The van der Waals surface area contributed by atoms with Gasteiger partial charge in [0, 0.05) is 15.4 Å². The molecule has 0 spiro atoms. The van der Waals surface area contributed by atoms with Crippen molar-refractivity contribution < 1.29 is 18.0 Å². The number of alkyl halides is 3. The molecule has 0 atom stereocenters. The number of carbonyl (C=O) groups is 1. The first kappa shape index (κ1) is 15.6. The molecule has 6 heteroatoms. The zero-order chi connectivity index (χ0) is 15.8. The highest BCUT2D eigenvalue weighted by atomic mass is 32.1. The van der Waals surface area contributed by atoms with E-state index in [1.165, 1.54) is 30.4 Å². The van der Waals surface area contributed by atoms with Crippen LogP contribution >= 0.6 is 11.3 Å². The summed E-state index contributed by atoms with van der Waals surface area (Å²) >= 11 is 1.48. The highest BCUT2D eigenvalue weighted by molar-refractivity contribution is 7.12. The largest absolute Gasteiger partial charge is 0.416 e. The number of hydrogen-bond donors (Lipinski definition) is 1. The molecule has 0 aliphatic rings. The summed E-state index contributed by atoms with van der Waals surface area (Å²) in [6.07, 6.45) is -4.43. The molecule has 21 heavy (non-hydrogen) atoms. The molecule has 112 valence electrons. The van der Waals surface area contributed by atoms with Crippen molar-refractivity contribution in [1.29, 1.82) is 0 Å². The van der Waals surface area contributed by atoms with Gasteiger partial charge in [-0.15, -0.1) is 11.3 Å². The van der Waals surface area contributed by atoms with Crippen molar-refractivity contribution in [3.8, 4) is 0 Å². The van der Waals surface area contributed by atoms with Crippen LogP contribution in [0.3, 0.4) is 0 Å². The van der Waals surface area contributed by atoms with E-state index in [9.17, 15) is 18.0 Å². The summed E-state index contributed by atoms with van der Waals surface area (Å²) in [5, 5.41) is 2.52. The van der Waals surface area contributed by atoms with Crippen LogP contribution in [0, 0.1) is 20.8 Å². The zero-order valence-electron chi connectivity index (χ0n) is 11.8. The summed E-state index contributed by atoms with van der Waals surface area (Å²) in [4.78, 5) is 13.9. The normalized spacial score (nSPS) is 11.5. The molecule has 1 aromatic heterocycles. The van der Waals surface area contributed by atoms with Crippen LogP contribution in [0.15, 0.2) is 24.3 Å². The Hall–Kier alpha value is -1.82. The molecule has 2 rings (SSSR count). The van der Waals surface area contributed by atoms with Gasteiger partial charge in [0.2, 0.25) is 0 Å². The summed E-state index contributed by atoms with van der Waals surface area (Å²) in [6.45, 7) is 5.08. The minimum atomic E-state index is -4.43. The van der Waals surface area contributed by atoms with Crippen molar-refractivity contribution in [2.45, 2.75) is 26.9 Å². The van der Waals surface area contributed by atoms with E-state index < -0.39 is 17.6 Å². The van der Waals surface area contributed by atoms with Crippen molar-refractivity contribution in [2.24, 2.45) is 0 Å². The fraction of sp³-hybridized carbons (Fsp3) is 0.267. The Kier molecular flexibility index (Phi) is 4.09. The van der Waals surface area contributed by atoms with E-state index >= 15 is 0 Å². The third kappa shape index (κ3) is 3.44. The molecule has 0 unspecified atom stereocenters. The average molecular weight is 313 g/mol. The summed E-state index contributed by atoms with van der Waals surface area (Å²) in [5.41, 5.74) is 0.0226. The molecule has 0 aliphatic heterocycles. The van der Waals surface area contributed by atoms with Crippen molar-refractivity contribution in [3.63, 3.8) is 0 Å². The summed E-state index contributed by atoms with van der Waals surface area (Å²) < 4.78 is 38.5. The molecule has 1 aromatic carbocycles. The third-order valence-corrected chi connectivity index (χ3v) is 4.05. The Morgan fingerprint density at radius 3 is 2.33 bits per heavy atom. The number of anilines is 1. The van der Waals surface area contributed by atoms with Gasteiger partial charge in [-0.25, -0.2) is 0 Å². The van der Waals surface area contributed by atoms with E-state index in [1.54, 1.807) is 6.07 Å². The van der Waals surface area contributed by atoms with Crippen LogP contribution in [0.1, 0.15) is 31.2 Å².